The van der Waals surface area contributed by atoms with Crippen LogP contribution < -0.4 is 5.32 Å². The molecule has 1 aromatic rings. The Morgan fingerprint density at radius 3 is 2.95 bits per heavy atom. The lowest BCUT2D eigenvalue weighted by molar-refractivity contribution is 0.139. The van der Waals surface area contributed by atoms with Crippen LogP contribution in [0, 0.1) is 5.92 Å². The maximum absolute atomic E-state index is 4.78. The fourth-order valence-corrected chi connectivity index (χ4v) is 3.75. The lowest BCUT2D eigenvalue weighted by atomic mass is 9.94. The molecule has 2 heterocycles. The van der Waals surface area contributed by atoms with Crippen LogP contribution in [0.2, 0.25) is 0 Å². The summed E-state index contributed by atoms with van der Waals surface area (Å²) in [5.74, 6) is 0.792. The van der Waals surface area contributed by atoms with Gasteiger partial charge in [-0.2, -0.15) is 0 Å². The van der Waals surface area contributed by atoms with Crippen LogP contribution in [0.25, 0.3) is 0 Å². The van der Waals surface area contributed by atoms with Crippen molar-refractivity contribution in [2.45, 2.75) is 52.1 Å². The van der Waals surface area contributed by atoms with Gasteiger partial charge >= 0.3 is 0 Å². The minimum atomic E-state index is 0.364. The van der Waals surface area contributed by atoms with Crippen LogP contribution in [0.1, 0.15) is 50.4 Å². The molecule has 3 nitrogen and oxygen atoms in total. The third kappa shape index (κ3) is 4.01. The van der Waals surface area contributed by atoms with Gasteiger partial charge in [-0.1, -0.05) is 0 Å². The number of hydrogen-bond donors (Lipinski definition) is 1. The van der Waals surface area contributed by atoms with E-state index in [9.17, 15) is 0 Å². The molecule has 1 aliphatic heterocycles. The van der Waals surface area contributed by atoms with Crippen LogP contribution >= 0.6 is 11.3 Å². The number of likely N-dealkylation sites (tertiary alicyclic amines) is 1. The summed E-state index contributed by atoms with van der Waals surface area (Å²) < 4.78 is 0. The molecule has 1 aromatic heterocycles. The molecular formula is C15H27N3S. The van der Waals surface area contributed by atoms with Crippen molar-refractivity contribution in [3.63, 3.8) is 0 Å². The molecule has 19 heavy (non-hydrogen) atoms. The second kappa shape index (κ2) is 6.82. The van der Waals surface area contributed by atoms with Gasteiger partial charge in [0.05, 0.1) is 10.7 Å². The predicted octanol–water partition coefficient (Wildman–Crippen LogP) is 3.09. The molecule has 0 saturated carbocycles. The van der Waals surface area contributed by atoms with Crippen molar-refractivity contribution in [3.05, 3.63) is 16.1 Å². The Morgan fingerprint density at radius 1 is 1.47 bits per heavy atom. The second-order valence-corrected chi connectivity index (χ2v) is 6.92. The van der Waals surface area contributed by atoms with Gasteiger partial charge in [-0.3, -0.25) is 0 Å². The normalized spacial score (nSPS) is 22.9. The van der Waals surface area contributed by atoms with E-state index in [1.54, 1.807) is 0 Å². The third-order valence-corrected chi connectivity index (χ3v) is 5.08. The number of nitrogens with one attached hydrogen (secondary N) is 1. The Labute approximate surface area is 121 Å². The van der Waals surface area contributed by atoms with Crippen molar-refractivity contribution in [1.82, 2.24) is 15.2 Å². The summed E-state index contributed by atoms with van der Waals surface area (Å²) in [4.78, 5) is 7.39. The van der Waals surface area contributed by atoms with Crippen LogP contribution in [0.5, 0.6) is 0 Å². The van der Waals surface area contributed by atoms with Crippen LogP contribution in [0.3, 0.4) is 0 Å². The standard InChI is InChI=1S/C15H27N3S/c1-11(2)18-7-5-6-13(9-18)8-15-17-14(10-19-15)12(3)16-4/h10-13,16H,5-9H2,1-4H3. The maximum atomic E-state index is 4.78. The van der Waals surface area contributed by atoms with E-state index in [4.69, 9.17) is 4.98 Å². The minimum absolute atomic E-state index is 0.364. The molecule has 0 bridgehead atoms. The largest absolute Gasteiger partial charge is 0.312 e. The molecule has 0 aromatic carbocycles. The summed E-state index contributed by atoms with van der Waals surface area (Å²) in [6.45, 7) is 9.29. The van der Waals surface area contributed by atoms with E-state index in [-0.39, 0.29) is 0 Å². The van der Waals surface area contributed by atoms with E-state index in [2.05, 4.69) is 36.4 Å². The molecule has 1 aliphatic rings. The van der Waals surface area contributed by atoms with E-state index in [0.29, 0.717) is 12.1 Å². The molecule has 0 amide bonds. The Hall–Kier alpha value is -0.450. The quantitative estimate of drug-likeness (QED) is 0.899. The van der Waals surface area contributed by atoms with E-state index >= 15 is 0 Å². The smallest absolute Gasteiger partial charge is 0.0932 e. The fraction of sp³-hybridized carbons (Fsp3) is 0.800. The van der Waals surface area contributed by atoms with Gasteiger partial charge < -0.3 is 10.2 Å². The average Bonchev–Trinajstić information content (AvgIpc) is 2.86. The van der Waals surface area contributed by atoms with Crippen LogP contribution in [0.15, 0.2) is 5.38 Å². The van der Waals surface area contributed by atoms with Gasteiger partial charge in [0.2, 0.25) is 0 Å². The number of nitrogens with zero attached hydrogens (tertiary/aromatic N) is 2. The highest BCUT2D eigenvalue weighted by Crippen LogP contribution is 2.25. The van der Waals surface area contributed by atoms with Gasteiger partial charge in [0.15, 0.2) is 0 Å². The zero-order valence-electron chi connectivity index (χ0n) is 12.6. The Balaban J connectivity index is 1.91. The maximum Gasteiger partial charge on any atom is 0.0932 e. The predicted molar refractivity (Wildman–Crippen MR) is 82.7 cm³/mol. The molecule has 2 rings (SSSR count). The lowest BCUT2D eigenvalue weighted by Crippen LogP contribution is -2.40. The summed E-state index contributed by atoms with van der Waals surface area (Å²) >= 11 is 1.83. The lowest BCUT2D eigenvalue weighted by Gasteiger charge is -2.35. The molecule has 2 unspecified atom stereocenters. The van der Waals surface area contributed by atoms with Gasteiger partial charge in [-0.15, -0.1) is 11.3 Å². The molecule has 108 valence electrons. The molecule has 1 saturated heterocycles. The summed E-state index contributed by atoms with van der Waals surface area (Å²) in [6.07, 6.45) is 3.86. The van der Waals surface area contributed by atoms with Crippen molar-refractivity contribution in [2.75, 3.05) is 20.1 Å². The first-order valence-electron chi connectivity index (χ1n) is 7.45. The topological polar surface area (TPSA) is 28.2 Å². The van der Waals surface area contributed by atoms with Crippen molar-refractivity contribution < 1.29 is 0 Å². The average molecular weight is 281 g/mol. The summed E-state index contributed by atoms with van der Waals surface area (Å²) in [7, 11) is 1.99. The van der Waals surface area contributed by atoms with Crippen LogP contribution in [0.4, 0.5) is 0 Å². The third-order valence-electron chi connectivity index (χ3n) is 4.19. The summed E-state index contributed by atoms with van der Waals surface area (Å²) in [5, 5.41) is 6.78. The van der Waals surface area contributed by atoms with Crippen molar-refractivity contribution >= 4 is 11.3 Å². The molecular weight excluding hydrogens is 254 g/mol. The zero-order chi connectivity index (χ0) is 13.8. The SMILES string of the molecule is CNC(C)c1csc(CC2CCCN(C(C)C)C2)n1. The number of hydrogen-bond acceptors (Lipinski definition) is 4. The molecule has 2 atom stereocenters. The molecule has 1 N–H and O–H groups in total. The molecule has 4 heteroatoms. The molecule has 0 radical (unpaired) electrons. The first-order chi connectivity index (χ1) is 9.10. The molecule has 0 aliphatic carbocycles. The van der Waals surface area contributed by atoms with Crippen molar-refractivity contribution in [3.8, 4) is 0 Å². The van der Waals surface area contributed by atoms with Crippen LogP contribution in [-0.4, -0.2) is 36.1 Å². The summed E-state index contributed by atoms with van der Waals surface area (Å²) in [6, 6.07) is 1.04. The highest BCUT2D eigenvalue weighted by atomic mass is 32.1. The number of aromatic nitrogens is 1. The fourth-order valence-electron chi connectivity index (χ4n) is 2.75. The van der Waals surface area contributed by atoms with Gasteiger partial charge in [0.1, 0.15) is 0 Å². The van der Waals surface area contributed by atoms with Crippen molar-refractivity contribution in [1.29, 1.82) is 0 Å². The molecule has 1 fully saturated rings. The number of rotatable bonds is 5. The molecule has 0 spiro atoms. The minimum Gasteiger partial charge on any atom is -0.312 e. The number of piperidine rings is 1. The van der Waals surface area contributed by atoms with E-state index in [0.717, 1.165) is 12.3 Å². The van der Waals surface area contributed by atoms with E-state index < -0.39 is 0 Å². The second-order valence-electron chi connectivity index (χ2n) is 5.98. The van der Waals surface area contributed by atoms with E-state index in [1.807, 2.05) is 18.4 Å². The number of thiazole rings is 1. The Bertz CT molecular complexity index is 388. The Kier molecular flexibility index (Phi) is 5.37. The Morgan fingerprint density at radius 2 is 2.26 bits per heavy atom. The van der Waals surface area contributed by atoms with Crippen LogP contribution in [-0.2, 0) is 6.42 Å². The highest BCUT2D eigenvalue weighted by Gasteiger charge is 2.22. The van der Waals surface area contributed by atoms with Gasteiger partial charge in [0, 0.05) is 30.4 Å². The van der Waals surface area contributed by atoms with Crippen molar-refractivity contribution in [2.24, 2.45) is 5.92 Å². The first-order valence-corrected chi connectivity index (χ1v) is 8.33. The van der Waals surface area contributed by atoms with Gasteiger partial charge in [-0.05, 0) is 53.1 Å². The monoisotopic (exact) mass is 281 g/mol. The summed E-state index contributed by atoms with van der Waals surface area (Å²) in [5.41, 5.74) is 1.19. The van der Waals surface area contributed by atoms with Gasteiger partial charge in [0.25, 0.3) is 0 Å². The van der Waals surface area contributed by atoms with Gasteiger partial charge in [-0.25, -0.2) is 4.98 Å². The van der Waals surface area contributed by atoms with E-state index in [1.165, 1.54) is 36.6 Å². The highest BCUT2D eigenvalue weighted by molar-refractivity contribution is 7.09. The zero-order valence-corrected chi connectivity index (χ0v) is 13.5. The first kappa shape index (κ1) is 14.9.